The van der Waals surface area contributed by atoms with E-state index in [4.69, 9.17) is 9.47 Å². The molecular weight excluding hydrogens is 344 g/mol. The molecule has 0 saturated carbocycles. The molecule has 0 amide bonds. The Morgan fingerprint density at radius 2 is 1.46 bits per heavy atom. The Kier molecular flexibility index (Phi) is 4.54. The van der Waals surface area contributed by atoms with Gasteiger partial charge in [0, 0.05) is 29.8 Å². The maximum absolute atomic E-state index is 5.41. The lowest BCUT2D eigenvalue weighted by Gasteiger charge is -2.22. The Bertz CT molecular complexity index is 904. The third-order valence-corrected chi connectivity index (χ3v) is 5.17. The van der Waals surface area contributed by atoms with Crippen molar-refractivity contribution >= 4 is 22.7 Å². The standard InChI is InChI=1S/C21H20N2O2S/c1-24-20-8-7-19(13-21(20)25-2)23-11-10-22(15-23)18-5-3-16(4-6-18)17-9-12-26-14-17/h3-14H,15H2,1-2H3. The molecule has 4 nitrogen and oxygen atoms in total. The highest BCUT2D eigenvalue weighted by molar-refractivity contribution is 7.08. The predicted octanol–water partition coefficient (Wildman–Crippen LogP) is 5.19. The zero-order valence-corrected chi connectivity index (χ0v) is 15.6. The second kappa shape index (κ2) is 7.14. The van der Waals surface area contributed by atoms with Crippen molar-refractivity contribution in [1.82, 2.24) is 0 Å². The number of thiophene rings is 1. The molecule has 2 aromatic carbocycles. The van der Waals surface area contributed by atoms with E-state index in [2.05, 4.69) is 63.3 Å². The summed E-state index contributed by atoms with van der Waals surface area (Å²) in [5, 5.41) is 4.27. The van der Waals surface area contributed by atoms with Crippen LogP contribution in [-0.2, 0) is 0 Å². The van der Waals surface area contributed by atoms with Gasteiger partial charge >= 0.3 is 0 Å². The summed E-state index contributed by atoms with van der Waals surface area (Å²) in [5.74, 6) is 1.47. The lowest BCUT2D eigenvalue weighted by atomic mass is 10.1. The summed E-state index contributed by atoms with van der Waals surface area (Å²) >= 11 is 1.72. The van der Waals surface area contributed by atoms with Crippen molar-refractivity contribution in [2.75, 3.05) is 30.7 Å². The van der Waals surface area contributed by atoms with E-state index in [9.17, 15) is 0 Å². The fourth-order valence-electron chi connectivity index (χ4n) is 3.03. The smallest absolute Gasteiger partial charge is 0.162 e. The fraction of sp³-hybridized carbons (Fsp3) is 0.143. The number of anilines is 2. The summed E-state index contributed by atoms with van der Waals surface area (Å²) in [6, 6.07) is 16.8. The summed E-state index contributed by atoms with van der Waals surface area (Å²) in [7, 11) is 3.30. The lowest BCUT2D eigenvalue weighted by molar-refractivity contribution is 0.355. The highest BCUT2D eigenvalue weighted by Crippen LogP contribution is 2.33. The monoisotopic (exact) mass is 364 g/mol. The van der Waals surface area contributed by atoms with Gasteiger partial charge in [-0.2, -0.15) is 11.3 Å². The first-order valence-electron chi connectivity index (χ1n) is 8.35. The van der Waals surface area contributed by atoms with Crippen LogP contribution in [-0.4, -0.2) is 20.9 Å². The highest BCUT2D eigenvalue weighted by Gasteiger charge is 2.17. The molecule has 0 fully saturated rings. The van der Waals surface area contributed by atoms with Crippen LogP contribution < -0.4 is 19.3 Å². The van der Waals surface area contributed by atoms with Gasteiger partial charge in [-0.25, -0.2) is 0 Å². The molecule has 1 aromatic heterocycles. The molecule has 3 aromatic rings. The van der Waals surface area contributed by atoms with E-state index >= 15 is 0 Å². The van der Waals surface area contributed by atoms with Gasteiger partial charge in [-0.15, -0.1) is 0 Å². The topological polar surface area (TPSA) is 24.9 Å². The third kappa shape index (κ3) is 3.13. The fourth-order valence-corrected chi connectivity index (χ4v) is 3.70. The van der Waals surface area contributed by atoms with Gasteiger partial charge < -0.3 is 19.3 Å². The molecule has 132 valence electrons. The van der Waals surface area contributed by atoms with Crippen LogP contribution in [0.1, 0.15) is 0 Å². The minimum absolute atomic E-state index is 0.733. The van der Waals surface area contributed by atoms with Crippen molar-refractivity contribution < 1.29 is 9.47 Å². The first kappa shape index (κ1) is 16.5. The van der Waals surface area contributed by atoms with Crippen LogP contribution in [0.25, 0.3) is 11.1 Å². The molecule has 0 unspecified atom stereocenters. The first-order valence-corrected chi connectivity index (χ1v) is 9.29. The summed E-state index contributed by atoms with van der Waals surface area (Å²) in [5.41, 5.74) is 4.75. The number of nitrogens with zero attached hydrogens (tertiary/aromatic N) is 2. The van der Waals surface area contributed by atoms with Crippen LogP contribution in [0.3, 0.4) is 0 Å². The molecule has 1 aliphatic heterocycles. The van der Waals surface area contributed by atoms with Crippen LogP contribution in [0.2, 0.25) is 0 Å². The van der Waals surface area contributed by atoms with Crippen molar-refractivity contribution in [3.05, 3.63) is 71.7 Å². The molecule has 0 radical (unpaired) electrons. The SMILES string of the molecule is COc1ccc(N2C=CN(c3ccc(-c4ccsc4)cc3)C2)cc1OC. The van der Waals surface area contributed by atoms with Crippen LogP contribution in [0.4, 0.5) is 11.4 Å². The van der Waals surface area contributed by atoms with Crippen LogP contribution in [0, 0.1) is 0 Å². The molecule has 0 bridgehead atoms. The molecule has 0 aliphatic carbocycles. The minimum Gasteiger partial charge on any atom is -0.493 e. The maximum Gasteiger partial charge on any atom is 0.162 e. The Morgan fingerprint density at radius 1 is 0.769 bits per heavy atom. The molecular formula is C21H20N2O2S. The zero-order valence-electron chi connectivity index (χ0n) is 14.8. The number of rotatable bonds is 5. The number of methoxy groups -OCH3 is 2. The van der Waals surface area contributed by atoms with E-state index in [0.717, 1.165) is 23.9 Å². The van der Waals surface area contributed by atoms with Gasteiger partial charge in [0.2, 0.25) is 0 Å². The van der Waals surface area contributed by atoms with Crippen LogP contribution in [0.15, 0.2) is 71.7 Å². The van der Waals surface area contributed by atoms with Crippen molar-refractivity contribution in [1.29, 1.82) is 0 Å². The van der Waals surface area contributed by atoms with Gasteiger partial charge in [0.05, 0.1) is 20.9 Å². The number of hydrogen-bond acceptors (Lipinski definition) is 5. The van der Waals surface area contributed by atoms with Gasteiger partial charge in [0.25, 0.3) is 0 Å². The quantitative estimate of drug-likeness (QED) is 0.622. The van der Waals surface area contributed by atoms with E-state index in [-0.39, 0.29) is 0 Å². The molecule has 26 heavy (non-hydrogen) atoms. The summed E-state index contributed by atoms with van der Waals surface area (Å²) < 4.78 is 10.7. The van der Waals surface area contributed by atoms with E-state index in [0.29, 0.717) is 0 Å². The van der Waals surface area contributed by atoms with Crippen molar-refractivity contribution in [3.8, 4) is 22.6 Å². The largest absolute Gasteiger partial charge is 0.493 e. The van der Waals surface area contributed by atoms with E-state index in [1.54, 1.807) is 25.6 Å². The van der Waals surface area contributed by atoms with E-state index in [1.807, 2.05) is 18.2 Å². The third-order valence-electron chi connectivity index (χ3n) is 4.48. The molecule has 0 N–H and O–H groups in total. The van der Waals surface area contributed by atoms with E-state index < -0.39 is 0 Å². The predicted molar refractivity (Wildman–Crippen MR) is 108 cm³/mol. The minimum atomic E-state index is 0.733. The van der Waals surface area contributed by atoms with Crippen molar-refractivity contribution in [2.45, 2.75) is 0 Å². The van der Waals surface area contributed by atoms with Gasteiger partial charge in [-0.3, -0.25) is 0 Å². The average molecular weight is 364 g/mol. The summed E-state index contributed by atoms with van der Waals surface area (Å²) in [4.78, 5) is 4.39. The van der Waals surface area contributed by atoms with Crippen LogP contribution in [0.5, 0.6) is 11.5 Å². The number of benzene rings is 2. The van der Waals surface area contributed by atoms with Gasteiger partial charge in [0.15, 0.2) is 11.5 Å². The Morgan fingerprint density at radius 3 is 2.12 bits per heavy atom. The molecule has 4 rings (SSSR count). The molecule has 0 atom stereocenters. The second-order valence-electron chi connectivity index (χ2n) is 5.98. The van der Waals surface area contributed by atoms with Gasteiger partial charge in [-0.1, -0.05) is 12.1 Å². The molecule has 2 heterocycles. The van der Waals surface area contributed by atoms with Crippen LogP contribution >= 0.6 is 11.3 Å². The molecule has 0 saturated heterocycles. The maximum atomic E-state index is 5.41. The molecule has 0 spiro atoms. The second-order valence-corrected chi connectivity index (χ2v) is 6.76. The van der Waals surface area contributed by atoms with Crippen molar-refractivity contribution in [2.24, 2.45) is 0 Å². The molecule has 5 heteroatoms. The number of ether oxygens (including phenoxy) is 2. The normalized spacial score (nSPS) is 13.3. The van der Waals surface area contributed by atoms with Crippen molar-refractivity contribution in [3.63, 3.8) is 0 Å². The molecule has 1 aliphatic rings. The Hall–Kier alpha value is -2.92. The van der Waals surface area contributed by atoms with E-state index in [1.165, 1.54) is 16.8 Å². The highest BCUT2D eigenvalue weighted by atomic mass is 32.1. The number of hydrogen-bond donors (Lipinski definition) is 0. The van der Waals surface area contributed by atoms with Gasteiger partial charge in [0.1, 0.15) is 0 Å². The zero-order chi connectivity index (χ0) is 17.9. The Balaban J connectivity index is 1.50. The summed E-state index contributed by atoms with van der Waals surface area (Å²) in [6.45, 7) is 0.757. The average Bonchev–Trinajstić information content (AvgIpc) is 3.39. The lowest BCUT2D eigenvalue weighted by Crippen LogP contribution is -2.24. The summed E-state index contributed by atoms with van der Waals surface area (Å²) in [6.07, 6.45) is 4.17. The Labute approximate surface area is 157 Å². The first-order chi connectivity index (χ1) is 12.8. The van der Waals surface area contributed by atoms with Gasteiger partial charge in [-0.05, 0) is 52.2 Å².